The molecule has 3 aromatic carbocycles. The third kappa shape index (κ3) is 6.15. The van der Waals surface area contributed by atoms with E-state index >= 15 is 0 Å². The summed E-state index contributed by atoms with van der Waals surface area (Å²) >= 11 is 6.07. The number of hydrogen-bond donors (Lipinski definition) is 1. The predicted octanol–water partition coefficient (Wildman–Crippen LogP) is 6.14. The number of non-ortho nitro benzene ring substituents is 1. The van der Waals surface area contributed by atoms with Crippen LogP contribution in [0, 0.1) is 24.0 Å². The quantitative estimate of drug-likeness (QED) is 0.233. The highest BCUT2D eigenvalue weighted by Gasteiger charge is 2.16. The molecule has 178 valence electrons. The summed E-state index contributed by atoms with van der Waals surface area (Å²) in [6.45, 7) is 3.90. The van der Waals surface area contributed by atoms with Crippen molar-refractivity contribution in [1.29, 1.82) is 0 Å². The second kappa shape index (κ2) is 10.3. The average molecular weight is 493 g/mol. The Kier molecular flexibility index (Phi) is 6.98. The lowest BCUT2D eigenvalue weighted by Crippen LogP contribution is -2.14. The molecule has 35 heavy (non-hydrogen) atoms. The van der Waals surface area contributed by atoms with Gasteiger partial charge in [0.05, 0.1) is 21.7 Å². The molecular formula is C25H21ClN4O5. The molecule has 0 spiro atoms. The molecule has 1 N–H and O–H groups in total. The molecule has 4 rings (SSSR count). The Morgan fingerprint density at radius 1 is 1.06 bits per heavy atom. The molecule has 0 aliphatic rings. The molecule has 0 saturated carbocycles. The highest BCUT2D eigenvalue weighted by molar-refractivity contribution is 6.32. The maximum absolute atomic E-state index is 12.7. The Morgan fingerprint density at radius 3 is 2.49 bits per heavy atom. The first-order chi connectivity index (χ1) is 16.8. The minimum absolute atomic E-state index is 0.0434. The summed E-state index contributed by atoms with van der Waals surface area (Å²) in [6.07, 6.45) is 1.58. The number of para-hydroxylation sites is 1. The first-order valence-electron chi connectivity index (χ1n) is 10.5. The maximum atomic E-state index is 12.7. The largest absolute Gasteiger partial charge is 0.470 e. The first kappa shape index (κ1) is 23.8. The number of amides is 1. The summed E-state index contributed by atoms with van der Waals surface area (Å²) in [4.78, 5) is 23.6. The lowest BCUT2D eigenvalue weighted by molar-refractivity contribution is -0.384. The van der Waals surface area contributed by atoms with Crippen molar-refractivity contribution >= 4 is 28.9 Å². The van der Waals surface area contributed by atoms with Gasteiger partial charge in [-0.25, -0.2) is 4.68 Å². The van der Waals surface area contributed by atoms with Gasteiger partial charge in [0, 0.05) is 18.3 Å². The van der Waals surface area contributed by atoms with Crippen molar-refractivity contribution < 1.29 is 19.2 Å². The van der Waals surface area contributed by atoms with Gasteiger partial charge in [-0.15, -0.1) is 0 Å². The Bertz CT molecular complexity index is 1380. The average Bonchev–Trinajstić information content (AvgIpc) is 3.27. The van der Waals surface area contributed by atoms with Crippen LogP contribution in [-0.2, 0) is 6.73 Å². The van der Waals surface area contributed by atoms with Gasteiger partial charge in [0.15, 0.2) is 12.4 Å². The molecule has 10 heteroatoms. The van der Waals surface area contributed by atoms with Crippen molar-refractivity contribution in [1.82, 2.24) is 9.78 Å². The number of halogens is 1. The van der Waals surface area contributed by atoms with Crippen LogP contribution in [-0.4, -0.2) is 20.6 Å². The van der Waals surface area contributed by atoms with Crippen LogP contribution in [0.4, 0.5) is 11.4 Å². The fourth-order valence-corrected chi connectivity index (χ4v) is 3.59. The summed E-state index contributed by atoms with van der Waals surface area (Å²) in [7, 11) is 0. The summed E-state index contributed by atoms with van der Waals surface area (Å²) in [5.74, 6) is 0.707. The van der Waals surface area contributed by atoms with Gasteiger partial charge in [0.2, 0.25) is 0 Å². The number of nitro benzene ring substituents is 1. The van der Waals surface area contributed by atoms with Gasteiger partial charge in [0.1, 0.15) is 17.2 Å². The fraction of sp³-hybridized carbons (Fsp3) is 0.120. The van der Waals surface area contributed by atoms with Crippen LogP contribution in [0.3, 0.4) is 0 Å². The van der Waals surface area contributed by atoms with Crippen molar-refractivity contribution in [3.05, 3.63) is 105 Å². The normalized spacial score (nSPS) is 10.6. The van der Waals surface area contributed by atoms with Gasteiger partial charge in [0.25, 0.3) is 11.6 Å². The number of benzene rings is 3. The number of aromatic nitrogens is 2. The molecule has 0 aliphatic heterocycles. The van der Waals surface area contributed by atoms with Gasteiger partial charge in [-0.2, -0.15) is 5.10 Å². The van der Waals surface area contributed by atoms with Crippen LogP contribution in [0.15, 0.2) is 72.9 Å². The van der Waals surface area contributed by atoms with Crippen molar-refractivity contribution in [2.45, 2.75) is 20.6 Å². The summed E-state index contributed by atoms with van der Waals surface area (Å²) in [5, 5.41) is 18.7. The van der Waals surface area contributed by atoms with E-state index in [1.54, 1.807) is 30.5 Å². The summed E-state index contributed by atoms with van der Waals surface area (Å²) < 4.78 is 12.9. The number of carbonyl (C=O) groups is 1. The van der Waals surface area contributed by atoms with Gasteiger partial charge >= 0.3 is 0 Å². The van der Waals surface area contributed by atoms with Crippen LogP contribution in [0.1, 0.15) is 21.6 Å². The highest BCUT2D eigenvalue weighted by Crippen LogP contribution is 2.31. The molecule has 0 saturated heterocycles. The number of anilines is 1. The van der Waals surface area contributed by atoms with E-state index in [0.29, 0.717) is 16.5 Å². The van der Waals surface area contributed by atoms with Crippen molar-refractivity contribution in [2.75, 3.05) is 5.32 Å². The van der Waals surface area contributed by atoms with E-state index in [2.05, 4.69) is 10.4 Å². The number of carbonyl (C=O) groups excluding carboxylic acids is 1. The zero-order valence-electron chi connectivity index (χ0n) is 18.9. The monoisotopic (exact) mass is 492 g/mol. The maximum Gasteiger partial charge on any atom is 0.276 e. The standard InChI is InChI=1S/C25H21ClN4O5/c1-16-9-17(2)11-20(10-16)35-21-13-18(12-19(14-21)30(32)33)27-25(31)23-7-8-29(28-23)15-34-24-6-4-3-5-22(24)26/h3-14H,15H2,1-2H3,(H,27,31). The van der Waals surface area contributed by atoms with E-state index in [-0.39, 0.29) is 29.5 Å². The topological polar surface area (TPSA) is 109 Å². The first-order valence-corrected chi connectivity index (χ1v) is 10.9. The smallest absolute Gasteiger partial charge is 0.276 e. The molecule has 0 fully saturated rings. The molecule has 1 amide bonds. The second-order valence-corrected chi connectivity index (χ2v) is 8.20. The van der Waals surface area contributed by atoms with E-state index in [1.807, 2.05) is 32.0 Å². The molecule has 0 unspecified atom stereocenters. The van der Waals surface area contributed by atoms with Crippen LogP contribution in [0.2, 0.25) is 5.02 Å². The van der Waals surface area contributed by atoms with Gasteiger partial charge in [-0.3, -0.25) is 14.9 Å². The lowest BCUT2D eigenvalue weighted by atomic mass is 10.1. The van der Waals surface area contributed by atoms with Gasteiger partial charge in [-0.05, 0) is 55.3 Å². The third-order valence-electron chi connectivity index (χ3n) is 4.85. The summed E-state index contributed by atoms with van der Waals surface area (Å²) in [6, 6.07) is 18.2. The number of rotatable bonds is 8. The Labute approximate surface area is 206 Å². The minimum atomic E-state index is -0.551. The third-order valence-corrected chi connectivity index (χ3v) is 5.17. The fourth-order valence-electron chi connectivity index (χ4n) is 3.40. The molecule has 1 aromatic heterocycles. The van der Waals surface area contributed by atoms with E-state index in [9.17, 15) is 14.9 Å². The van der Waals surface area contributed by atoms with E-state index in [4.69, 9.17) is 21.1 Å². The second-order valence-electron chi connectivity index (χ2n) is 7.80. The molecule has 9 nitrogen and oxygen atoms in total. The zero-order valence-corrected chi connectivity index (χ0v) is 19.7. The molecule has 0 aliphatic carbocycles. The minimum Gasteiger partial charge on any atom is -0.470 e. The Morgan fingerprint density at radius 2 is 1.77 bits per heavy atom. The molecule has 0 radical (unpaired) electrons. The van der Waals surface area contributed by atoms with Crippen LogP contribution in [0.5, 0.6) is 17.2 Å². The van der Waals surface area contributed by atoms with E-state index < -0.39 is 10.8 Å². The number of nitrogens with zero attached hydrogens (tertiary/aromatic N) is 3. The summed E-state index contributed by atoms with van der Waals surface area (Å²) in [5.41, 5.74) is 2.07. The van der Waals surface area contributed by atoms with E-state index in [0.717, 1.165) is 11.1 Å². The number of ether oxygens (including phenoxy) is 2. The lowest BCUT2D eigenvalue weighted by Gasteiger charge is -2.10. The Hall–Kier alpha value is -4.37. The van der Waals surface area contributed by atoms with Crippen LogP contribution >= 0.6 is 11.6 Å². The molecule has 0 bridgehead atoms. The SMILES string of the molecule is Cc1cc(C)cc(Oc2cc(NC(=O)c3ccn(COc4ccccc4Cl)n3)cc([N+](=O)[O-])c2)c1. The molecular weight excluding hydrogens is 472 g/mol. The molecule has 1 heterocycles. The number of hydrogen-bond acceptors (Lipinski definition) is 6. The van der Waals surface area contributed by atoms with Crippen LogP contribution in [0.25, 0.3) is 0 Å². The zero-order chi connectivity index (χ0) is 24.9. The Balaban J connectivity index is 1.48. The number of nitrogens with one attached hydrogen (secondary N) is 1. The predicted molar refractivity (Wildman–Crippen MR) is 131 cm³/mol. The number of nitro groups is 1. The van der Waals surface area contributed by atoms with Crippen molar-refractivity contribution in [2.24, 2.45) is 0 Å². The van der Waals surface area contributed by atoms with Crippen LogP contribution < -0.4 is 14.8 Å². The van der Waals surface area contributed by atoms with Crippen molar-refractivity contribution in [3.63, 3.8) is 0 Å². The van der Waals surface area contributed by atoms with Gasteiger partial charge < -0.3 is 14.8 Å². The molecule has 4 aromatic rings. The molecule has 0 atom stereocenters. The van der Waals surface area contributed by atoms with Crippen molar-refractivity contribution in [3.8, 4) is 17.2 Å². The van der Waals surface area contributed by atoms with E-state index in [1.165, 1.54) is 28.9 Å². The number of aryl methyl sites for hydroxylation is 2. The highest BCUT2D eigenvalue weighted by atomic mass is 35.5. The van der Waals surface area contributed by atoms with Gasteiger partial charge in [-0.1, -0.05) is 29.8 Å².